The lowest BCUT2D eigenvalue weighted by Crippen LogP contribution is -1.96. The monoisotopic (exact) mass is 247 g/mol. The summed E-state index contributed by atoms with van der Waals surface area (Å²) < 4.78 is 0. The molecule has 0 fully saturated rings. The molecule has 0 aromatic heterocycles. The molecule has 0 rings (SSSR count). The van der Waals surface area contributed by atoms with Crippen molar-refractivity contribution in [1.82, 2.24) is 0 Å². The summed E-state index contributed by atoms with van der Waals surface area (Å²) in [5.74, 6) is 0. The Bertz CT molecular complexity index is 113. The number of hydrogen-bond donors (Lipinski definition) is 1. The van der Waals surface area contributed by atoms with Crippen molar-refractivity contribution in [1.29, 1.82) is 0 Å². The van der Waals surface area contributed by atoms with Crippen molar-refractivity contribution in [3.05, 3.63) is 12.2 Å². The number of hydrogen-bond acceptors (Lipinski definition) is 1. The number of unbranched alkanes of at least 4 members (excludes halogenated alkanes) is 5. The van der Waals surface area contributed by atoms with Crippen molar-refractivity contribution in [2.75, 3.05) is 11.9 Å². The molecule has 13 heavy (non-hydrogen) atoms. The smallest absolute Gasteiger partial charge is 0.00313 e. The summed E-state index contributed by atoms with van der Waals surface area (Å²) in [6, 6.07) is 0. The zero-order chi connectivity index (χ0) is 9.78. The van der Waals surface area contributed by atoms with E-state index in [4.69, 9.17) is 5.73 Å². The van der Waals surface area contributed by atoms with Crippen LogP contribution in [0.15, 0.2) is 12.2 Å². The van der Waals surface area contributed by atoms with Crippen LogP contribution in [0.3, 0.4) is 0 Å². The number of halogens is 1. The first-order valence-electron chi connectivity index (χ1n) is 5.33. The van der Waals surface area contributed by atoms with E-state index in [0.29, 0.717) is 0 Å². The molecule has 0 aromatic carbocycles. The maximum atomic E-state index is 5.40. The molecule has 1 nitrogen and oxygen atoms in total. The molecule has 2 N–H and O–H groups in total. The van der Waals surface area contributed by atoms with Gasteiger partial charge in [0.15, 0.2) is 0 Å². The number of rotatable bonds is 9. The highest BCUT2D eigenvalue weighted by molar-refractivity contribution is 9.09. The lowest BCUT2D eigenvalue weighted by atomic mass is 10.1. The quantitative estimate of drug-likeness (QED) is 0.376. The Kier molecular flexibility index (Phi) is 12.3. The van der Waals surface area contributed by atoms with Gasteiger partial charge in [0.2, 0.25) is 0 Å². The molecule has 0 aliphatic heterocycles. The van der Waals surface area contributed by atoms with E-state index in [1.54, 1.807) is 0 Å². The first-order valence-corrected chi connectivity index (χ1v) is 6.45. The minimum Gasteiger partial charge on any atom is -0.330 e. The van der Waals surface area contributed by atoms with Gasteiger partial charge in [0, 0.05) is 5.33 Å². The first kappa shape index (κ1) is 13.2. The van der Waals surface area contributed by atoms with Crippen molar-refractivity contribution in [2.24, 2.45) is 5.73 Å². The normalized spacial score (nSPS) is 11.2. The molecule has 0 aliphatic rings. The molecular formula is C11H22BrN. The van der Waals surface area contributed by atoms with Crippen LogP contribution >= 0.6 is 15.9 Å². The van der Waals surface area contributed by atoms with E-state index < -0.39 is 0 Å². The predicted octanol–water partition coefficient (Wildman–Crippen LogP) is 3.63. The Hall–Kier alpha value is 0.180. The van der Waals surface area contributed by atoms with Gasteiger partial charge in [-0.1, -0.05) is 34.5 Å². The Morgan fingerprint density at radius 2 is 1.46 bits per heavy atom. The zero-order valence-electron chi connectivity index (χ0n) is 8.47. The van der Waals surface area contributed by atoms with E-state index in [2.05, 4.69) is 28.1 Å². The maximum Gasteiger partial charge on any atom is 0.00313 e. The van der Waals surface area contributed by atoms with E-state index in [1.165, 1.54) is 38.5 Å². The third-order valence-electron chi connectivity index (χ3n) is 2.00. The molecule has 0 heterocycles. The van der Waals surface area contributed by atoms with Crippen LogP contribution in [-0.4, -0.2) is 11.9 Å². The van der Waals surface area contributed by atoms with Gasteiger partial charge < -0.3 is 5.73 Å². The molecule has 0 aromatic rings. The largest absolute Gasteiger partial charge is 0.330 e. The van der Waals surface area contributed by atoms with E-state index in [9.17, 15) is 0 Å². The summed E-state index contributed by atoms with van der Waals surface area (Å²) in [5, 5.41) is 1.15. The zero-order valence-corrected chi connectivity index (χ0v) is 10.1. The van der Waals surface area contributed by atoms with Gasteiger partial charge in [-0.3, -0.25) is 0 Å². The number of allylic oxidation sites excluding steroid dienone is 2. The Balaban J connectivity index is 2.95. The molecular weight excluding hydrogens is 226 g/mol. The second kappa shape index (κ2) is 12.2. The fourth-order valence-electron chi connectivity index (χ4n) is 1.18. The van der Waals surface area contributed by atoms with Crippen molar-refractivity contribution in [2.45, 2.75) is 44.9 Å². The molecule has 0 atom stereocenters. The maximum absolute atomic E-state index is 5.40. The standard InChI is InChI=1S/C11H22BrN/c12-10-8-6-4-2-1-3-5-7-9-11-13/h1,3H,2,4-11,13H2/b3-1-. The molecule has 0 spiro atoms. The number of alkyl halides is 1. The Morgan fingerprint density at radius 1 is 0.846 bits per heavy atom. The summed E-state index contributed by atoms with van der Waals surface area (Å²) in [5.41, 5.74) is 5.40. The molecule has 0 saturated carbocycles. The average molecular weight is 248 g/mol. The topological polar surface area (TPSA) is 26.0 Å². The van der Waals surface area contributed by atoms with Crippen molar-refractivity contribution in [3.63, 3.8) is 0 Å². The molecule has 0 amide bonds. The van der Waals surface area contributed by atoms with E-state index in [-0.39, 0.29) is 0 Å². The van der Waals surface area contributed by atoms with Crippen LogP contribution < -0.4 is 5.73 Å². The van der Waals surface area contributed by atoms with Crippen molar-refractivity contribution in [3.8, 4) is 0 Å². The summed E-state index contributed by atoms with van der Waals surface area (Å²) in [6.07, 6.45) is 13.4. The van der Waals surface area contributed by atoms with Crippen LogP contribution in [0, 0.1) is 0 Å². The van der Waals surface area contributed by atoms with Crippen molar-refractivity contribution < 1.29 is 0 Å². The highest BCUT2D eigenvalue weighted by Crippen LogP contribution is 2.03. The Morgan fingerprint density at radius 3 is 2.00 bits per heavy atom. The molecule has 0 radical (unpaired) electrons. The lowest BCUT2D eigenvalue weighted by molar-refractivity contribution is 0.729. The molecule has 2 heteroatoms. The average Bonchev–Trinajstić information content (AvgIpc) is 2.16. The summed E-state index contributed by atoms with van der Waals surface area (Å²) in [7, 11) is 0. The van der Waals surface area contributed by atoms with Crippen LogP contribution in [0.1, 0.15) is 44.9 Å². The minimum atomic E-state index is 0.832. The summed E-state index contributed by atoms with van der Waals surface area (Å²) >= 11 is 3.43. The highest BCUT2D eigenvalue weighted by Gasteiger charge is 1.85. The van der Waals surface area contributed by atoms with Gasteiger partial charge in [0.25, 0.3) is 0 Å². The highest BCUT2D eigenvalue weighted by atomic mass is 79.9. The van der Waals surface area contributed by atoms with Gasteiger partial charge in [-0.05, 0) is 45.1 Å². The fourth-order valence-corrected chi connectivity index (χ4v) is 1.57. The van der Waals surface area contributed by atoms with Crippen LogP contribution in [0.2, 0.25) is 0 Å². The van der Waals surface area contributed by atoms with Crippen LogP contribution in [0.5, 0.6) is 0 Å². The van der Waals surface area contributed by atoms with Gasteiger partial charge in [-0.25, -0.2) is 0 Å². The molecule has 0 saturated heterocycles. The second-order valence-corrected chi connectivity index (χ2v) is 4.09. The fraction of sp³-hybridized carbons (Fsp3) is 0.818. The third kappa shape index (κ3) is 12.2. The second-order valence-electron chi connectivity index (χ2n) is 3.29. The van der Waals surface area contributed by atoms with Gasteiger partial charge in [-0.15, -0.1) is 0 Å². The van der Waals surface area contributed by atoms with Gasteiger partial charge >= 0.3 is 0 Å². The first-order chi connectivity index (χ1) is 6.41. The van der Waals surface area contributed by atoms with E-state index in [1.807, 2.05) is 0 Å². The van der Waals surface area contributed by atoms with E-state index in [0.717, 1.165) is 18.3 Å². The summed E-state index contributed by atoms with van der Waals surface area (Å²) in [4.78, 5) is 0. The van der Waals surface area contributed by atoms with Crippen LogP contribution in [0.25, 0.3) is 0 Å². The molecule has 0 unspecified atom stereocenters. The van der Waals surface area contributed by atoms with Gasteiger partial charge in [0.1, 0.15) is 0 Å². The number of nitrogens with two attached hydrogens (primary N) is 1. The SMILES string of the molecule is NCCCC/C=C\CCCCCBr. The molecule has 0 bridgehead atoms. The lowest BCUT2D eigenvalue weighted by Gasteiger charge is -1.94. The van der Waals surface area contributed by atoms with Gasteiger partial charge in [0.05, 0.1) is 0 Å². The van der Waals surface area contributed by atoms with Crippen LogP contribution in [-0.2, 0) is 0 Å². The molecule has 0 aliphatic carbocycles. The Labute approximate surface area is 90.9 Å². The van der Waals surface area contributed by atoms with Crippen molar-refractivity contribution >= 4 is 15.9 Å². The predicted molar refractivity (Wildman–Crippen MR) is 64.3 cm³/mol. The summed E-state index contributed by atoms with van der Waals surface area (Å²) in [6.45, 7) is 0.832. The van der Waals surface area contributed by atoms with Gasteiger partial charge in [-0.2, -0.15) is 0 Å². The third-order valence-corrected chi connectivity index (χ3v) is 2.56. The molecule has 78 valence electrons. The van der Waals surface area contributed by atoms with E-state index >= 15 is 0 Å². The van der Waals surface area contributed by atoms with Crippen LogP contribution in [0.4, 0.5) is 0 Å². The minimum absolute atomic E-state index is 0.832.